The summed E-state index contributed by atoms with van der Waals surface area (Å²) in [5.41, 5.74) is 5.98. The molecule has 40 heavy (non-hydrogen) atoms. The van der Waals surface area contributed by atoms with Crippen molar-refractivity contribution >= 4 is 24.8 Å². The fourth-order valence-electron chi connectivity index (χ4n) is 5.24. The van der Waals surface area contributed by atoms with E-state index in [1.807, 2.05) is 65.6 Å². The number of aryl methyl sites for hydroxylation is 1. The number of carbonyl (C=O) groups excluding carboxylic acids is 1. The van der Waals surface area contributed by atoms with Gasteiger partial charge in [0, 0.05) is 5.56 Å². The fraction of sp³-hybridized carbons (Fsp3) is 0.212. The maximum absolute atomic E-state index is 13.7. The van der Waals surface area contributed by atoms with Gasteiger partial charge in [-0.25, -0.2) is 4.79 Å². The van der Waals surface area contributed by atoms with Gasteiger partial charge in [-0.15, -0.1) is 0 Å². The number of carboxylic acids is 1. The Kier molecular flexibility index (Phi) is 8.50. The summed E-state index contributed by atoms with van der Waals surface area (Å²) in [6.07, 6.45) is 1.27. The molecule has 0 spiro atoms. The normalized spacial score (nSPS) is 13.8. The van der Waals surface area contributed by atoms with Crippen molar-refractivity contribution in [3.8, 4) is 11.5 Å². The van der Waals surface area contributed by atoms with Crippen molar-refractivity contribution in [1.29, 1.82) is 0 Å². The van der Waals surface area contributed by atoms with Crippen molar-refractivity contribution in [1.82, 2.24) is 4.90 Å². The number of fused-ring (bicyclic) bond motifs is 1. The summed E-state index contributed by atoms with van der Waals surface area (Å²) in [5.74, 6) is 0.275. The molecule has 0 fully saturated rings. The summed E-state index contributed by atoms with van der Waals surface area (Å²) in [6, 6.07) is 31.0. The minimum absolute atomic E-state index is 0.0824. The van der Waals surface area contributed by atoms with E-state index in [0.717, 1.165) is 42.3 Å². The van der Waals surface area contributed by atoms with Crippen LogP contribution in [-0.4, -0.2) is 29.3 Å². The highest BCUT2D eigenvalue weighted by molar-refractivity contribution is 6.51. The number of hydrogen-bond donors (Lipinski definition) is 1. The van der Waals surface area contributed by atoms with E-state index in [-0.39, 0.29) is 25.2 Å². The zero-order chi connectivity index (χ0) is 27.9. The molecule has 0 saturated heterocycles. The van der Waals surface area contributed by atoms with Crippen molar-refractivity contribution in [2.75, 3.05) is 0 Å². The molecule has 0 radical (unpaired) electrons. The van der Waals surface area contributed by atoms with Crippen molar-refractivity contribution in [3.63, 3.8) is 0 Å². The van der Waals surface area contributed by atoms with Gasteiger partial charge in [-0.1, -0.05) is 91.1 Å². The first-order chi connectivity index (χ1) is 19.5. The van der Waals surface area contributed by atoms with E-state index < -0.39 is 5.97 Å². The highest BCUT2D eigenvalue weighted by Gasteiger charge is 2.32. The molecule has 5 rings (SSSR count). The molecule has 4 aromatic rings. The van der Waals surface area contributed by atoms with E-state index in [1.165, 1.54) is 5.56 Å². The predicted octanol–water partition coefficient (Wildman–Crippen LogP) is 6.04. The van der Waals surface area contributed by atoms with Crippen LogP contribution in [0.2, 0.25) is 6.82 Å². The van der Waals surface area contributed by atoms with Gasteiger partial charge < -0.3 is 14.6 Å². The number of amides is 1. The third kappa shape index (κ3) is 6.54. The number of ether oxygens (including phenoxy) is 2. The Morgan fingerprint density at radius 3 is 2.50 bits per heavy atom. The van der Waals surface area contributed by atoms with Crippen LogP contribution in [0.15, 0.2) is 97.1 Å². The number of benzene rings is 4. The zero-order valence-corrected chi connectivity index (χ0v) is 22.6. The van der Waals surface area contributed by atoms with Crippen LogP contribution >= 0.6 is 0 Å². The van der Waals surface area contributed by atoms with Crippen molar-refractivity contribution in [2.24, 2.45) is 0 Å². The van der Waals surface area contributed by atoms with Crippen LogP contribution < -0.4 is 10.2 Å². The van der Waals surface area contributed by atoms with Gasteiger partial charge in [-0.05, 0) is 53.3 Å². The number of carboxylic acid groups (broad SMARTS) is 1. The summed E-state index contributed by atoms with van der Waals surface area (Å²) < 4.78 is 12.1. The van der Waals surface area contributed by atoms with Crippen LogP contribution in [-0.2, 0) is 35.5 Å². The van der Waals surface area contributed by atoms with E-state index in [9.17, 15) is 14.7 Å². The Labute approximate surface area is 235 Å². The average molecular weight is 533 g/mol. The lowest BCUT2D eigenvalue weighted by Crippen LogP contribution is -2.34. The third-order valence-electron chi connectivity index (χ3n) is 7.27. The van der Waals surface area contributed by atoms with Crippen LogP contribution in [0.25, 0.3) is 0 Å². The number of hydrogen-bond acceptors (Lipinski definition) is 4. The number of rotatable bonds is 10. The van der Waals surface area contributed by atoms with Gasteiger partial charge >= 0.3 is 12.1 Å². The quantitative estimate of drug-likeness (QED) is 0.252. The standard InChI is InChI=1S/C33H32BNO5/c1-34-27-15-17-31(40-28-12-7-10-24(18-28)19-32(36)37)26(20-27)21-35(30-16-14-25-11-5-6-13-29(25)30)33(38)39-22-23-8-3-2-4-9-23/h2-13,15,17-18,20,30,34H,14,16,19,21-22H2,1H3,(H,36,37)/t30-/m0/s1. The molecule has 1 aliphatic carbocycles. The van der Waals surface area contributed by atoms with Crippen LogP contribution in [0.3, 0.4) is 0 Å². The molecule has 6 nitrogen and oxygen atoms in total. The summed E-state index contributed by atoms with van der Waals surface area (Å²) in [4.78, 5) is 26.7. The summed E-state index contributed by atoms with van der Waals surface area (Å²) in [6.45, 7) is 2.60. The predicted molar refractivity (Wildman–Crippen MR) is 157 cm³/mol. The van der Waals surface area contributed by atoms with Crippen LogP contribution in [0.5, 0.6) is 11.5 Å². The molecule has 0 bridgehead atoms. The van der Waals surface area contributed by atoms with Crippen molar-refractivity contribution < 1.29 is 24.2 Å². The second kappa shape index (κ2) is 12.6. The Bertz CT molecular complexity index is 1490. The lowest BCUT2D eigenvalue weighted by atomic mass is 9.73. The smallest absolute Gasteiger partial charge is 0.410 e. The highest BCUT2D eigenvalue weighted by atomic mass is 16.6. The first-order valence-corrected chi connectivity index (χ1v) is 13.7. The number of aliphatic carboxylic acids is 1. The van der Waals surface area contributed by atoms with E-state index in [1.54, 1.807) is 18.2 Å². The van der Waals surface area contributed by atoms with Crippen LogP contribution in [0, 0.1) is 0 Å². The van der Waals surface area contributed by atoms with Crippen LogP contribution in [0.1, 0.15) is 40.3 Å². The lowest BCUT2D eigenvalue weighted by molar-refractivity contribution is -0.136. The molecule has 1 atom stereocenters. The topological polar surface area (TPSA) is 76.1 Å². The zero-order valence-electron chi connectivity index (χ0n) is 22.6. The summed E-state index contributed by atoms with van der Waals surface area (Å²) >= 11 is 0. The average Bonchev–Trinajstić information content (AvgIpc) is 3.39. The highest BCUT2D eigenvalue weighted by Crippen LogP contribution is 2.38. The van der Waals surface area contributed by atoms with Gasteiger partial charge in [0.15, 0.2) is 7.28 Å². The summed E-state index contributed by atoms with van der Waals surface area (Å²) in [7, 11) is 0.839. The molecule has 7 heteroatoms. The molecule has 0 saturated carbocycles. The number of carbonyl (C=O) groups is 2. The molecular formula is C33H32BNO5. The van der Waals surface area contributed by atoms with E-state index >= 15 is 0 Å². The Morgan fingerprint density at radius 1 is 0.925 bits per heavy atom. The van der Waals surface area contributed by atoms with E-state index in [0.29, 0.717) is 23.6 Å². The van der Waals surface area contributed by atoms with E-state index in [4.69, 9.17) is 9.47 Å². The molecule has 1 aliphatic rings. The Balaban J connectivity index is 1.45. The first-order valence-electron chi connectivity index (χ1n) is 13.7. The Morgan fingerprint density at radius 2 is 1.70 bits per heavy atom. The van der Waals surface area contributed by atoms with Crippen molar-refractivity contribution in [2.45, 2.75) is 45.3 Å². The van der Waals surface area contributed by atoms with Crippen LogP contribution in [0.4, 0.5) is 4.79 Å². The minimum Gasteiger partial charge on any atom is -0.481 e. The van der Waals surface area contributed by atoms with E-state index in [2.05, 4.69) is 25.0 Å². The molecule has 0 unspecified atom stereocenters. The molecule has 202 valence electrons. The van der Waals surface area contributed by atoms with Gasteiger partial charge in [0.1, 0.15) is 18.1 Å². The van der Waals surface area contributed by atoms with Crippen molar-refractivity contribution in [3.05, 3.63) is 125 Å². The molecule has 0 heterocycles. The fourth-order valence-corrected chi connectivity index (χ4v) is 5.24. The largest absolute Gasteiger partial charge is 0.481 e. The van der Waals surface area contributed by atoms with Gasteiger partial charge in [0.25, 0.3) is 0 Å². The molecule has 0 aromatic heterocycles. The molecule has 1 amide bonds. The van der Waals surface area contributed by atoms with Gasteiger partial charge in [-0.3, -0.25) is 9.69 Å². The monoisotopic (exact) mass is 533 g/mol. The SMILES string of the molecule is CBc1ccc(Oc2cccc(CC(=O)O)c2)c(CN(C(=O)OCc2ccccc2)[C@H]2CCc3ccccc32)c1. The number of nitrogens with zero attached hydrogens (tertiary/aromatic N) is 1. The summed E-state index contributed by atoms with van der Waals surface area (Å²) in [5, 5.41) is 9.20. The minimum atomic E-state index is -0.897. The van der Waals surface area contributed by atoms with Gasteiger partial charge in [0.05, 0.1) is 19.0 Å². The Hall–Kier alpha value is -4.52. The maximum atomic E-state index is 13.7. The lowest BCUT2D eigenvalue weighted by Gasteiger charge is -2.30. The molecule has 0 aliphatic heterocycles. The molecular weight excluding hydrogens is 501 g/mol. The third-order valence-corrected chi connectivity index (χ3v) is 7.27. The maximum Gasteiger partial charge on any atom is 0.410 e. The molecule has 1 N–H and O–H groups in total. The molecule has 4 aromatic carbocycles. The van der Waals surface area contributed by atoms with Gasteiger partial charge in [0.2, 0.25) is 0 Å². The van der Waals surface area contributed by atoms with Gasteiger partial charge in [-0.2, -0.15) is 0 Å². The second-order valence-corrected chi connectivity index (χ2v) is 10.0. The first kappa shape index (κ1) is 27.1. The second-order valence-electron chi connectivity index (χ2n) is 10.0.